The van der Waals surface area contributed by atoms with Crippen LogP contribution in [0, 0.1) is 10.1 Å². The van der Waals surface area contributed by atoms with Crippen LogP contribution in [0.4, 0.5) is 11.6 Å². The van der Waals surface area contributed by atoms with Crippen LogP contribution in [0.2, 0.25) is 0 Å². The van der Waals surface area contributed by atoms with Gasteiger partial charge in [-0.15, -0.1) is 0 Å². The minimum Gasteiger partial charge on any atom is -0.481 e. The Balaban J connectivity index is 2.19. The minimum absolute atomic E-state index is 0.0275. The maximum absolute atomic E-state index is 11.4. The molecule has 1 aromatic heterocycles. The van der Waals surface area contributed by atoms with E-state index in [2.05, 4.69) is 10.3 Å². The fourth-order valence-corrected chi connectivity index (χ4v) is 1.99. The largest absolute Gasteiger partial charge is 0.481 e. The molecule has 0 aliphatic heterocycles. The molecule has 2 rings (SSSR count). The molecule has 0 saturated heterocycles. The van der Waals surface area contributed by atoms with Gasteiger partial charge in [-0.25, -0.2) is 0 Å². The van der Waals surface area contributed by atoms with Crippen LogP contribution in [0.25, 0.3) is 0 Å². The van der Waals surface area contributed by atoms with Crippen molar-refractivity contribution < 1.29 is 14.8 Å². The average Bonchev–Trinajstić information content (AvgIpc) is 2.81. The quantitative estimate of drug-likeness (QED) is 0.617. The van der Waals surface area contributed by atoms with Crippen molar-refractivity contribution in [1.82, 2.24) is 9.55 Å². The second-order valence-corrected chi connectivity index (χ2v) is 4.47. The highest BCUT2D eigenvalue weighted by molar-refractivity contribution is 5.77. The lowest BCUT2D eigenvalue weighted by Crippen LogP contribution is -2.22. The SMILES string of the molecule is Cn1cnc([N+](=O)[O-])c1NCC(C(=O)O)c1ccccc1. The number of nitro groups is 1. The average molecular weight is 290 g/mol. The number of aromatic nitrogens is 2. The number of nitrogens with one attached hydrogen (secondary N) is 1. The summed E-state index contributed by atoms with van der Waals surface area (Å²) >= 11 is 0. The van der Waals surface area contributed by atoms with E-state index >= 15 is 0 Å². The molecule has 1 unspecified atom stereocenters. The summed E-state index contributed by atoms with van der Waals surface area (Å²) in [6.07, 6.45) is 1.30. The van der Waals surface area contributed by atoms with Gasteiger partial charge in [0.25, 0.3) is 0 Å². The third-order valence-corrected chi connectivity index (χ3v) is 3.06. The zero-order valence-corrected chi connectivity index (χ0v) is 11.3. The van der Waals surface area contributed by atoms with E-state index in [9.17, 15) is 20.0 Å². The fraction of sp³-hybridized carbons (Fsp3) is 0.231. The number of carboxylic acids is 1. The molecule has 0 spiro atoms. The van der Waals surface area contributed by atoms with Crippen LogP contribution in [0.1, 0.15) is 11.5 Å². The fourth-order valence-electron chi connectivity index (χ4n) is 1.99. The van der Waals surface area contributed by atoms with Crippen molar-refractivity contribution in [2.45, 2.75) is 5.92 Å². The van der Waals surface area contributed by atoms with E-state index in [1.54, 1.807) is 37.4 Å². The normalized spacial score (nSPS) is 11.9. The van der Waals surface area contributed by atoms with Crippen LogP contribution in [0.15, 0.2) is 36.7 Å². The zero-order valence-electron chi connectivity index (χ0n) is 11.3. The van der Waals surface area contributed by atoms with Crippen LogP contribution in [0.3, 0.4) is 0 Å². The number of anilines is 1. The summed E-state index contributed by atoms with van der Waals surface area (Å²) in [5.74, 6) is -1.95. The Bertz CT molecular complexity index is 653. The van der Waals surface area contributed by atoms with Gasteiger partial charge in [-0.3, -0.25) is 9.36 Å². The number of aliphatic carboxylic acids is 1. The Morgan fingerprint density at radius 1 is 1.48 bits per heavy atom. The number of rotatable bonds is 6. The van der Waals surface area contributed by atoms with Crippen LogP contribution in [-0.2, 0) is 11.8 Å². The monoisotopic (exact) mass is 290 g/mol. The summed E-state index contributed by atoms with van der Waals surface area (Å²) in [5, 5.41) is 23.0. The number of benzene rings is 1. The summed E-state index contributed by atoms with van der Waals surface area (Å²) in [7, 11) is 1.60. The number of hydrogen-bond acceptors (Lipinski definition) is 5. The third kappa shape index (κ3) is 3.16. The van der Waals surface area contributed by atoms with Gasteiger partial charge in [0, 0.05) is 13.6 Å². The predicted molar refractivity (Wildman–Crippen MR) is 75.2 cm³/mol. The molecule has 8 heteroatoms. The van der Waals surface area contributed by atoms with Crippen molar-refractivity contribution in [3.05, 3.63) is 52.3 Å². The van der Waals surface area contributed by atoms with Gasteiger partial charge in [0.2, 0.25) is 12.1 Å². The molecule has 0 bridgehead atoms. The van der Waals surface area contributed by atoms with Crippen molar-refractivity contribution in [2.24, 2.45) is 7.05 Å². The van der Waals surface area contributed by atoms with Crippen LogP contribution >= 0.6 is 0 Å². The molecule has 21 heavy (non-hydrogen) atoms. The van der Waals surface area contributed by atoms with Gasteiger partial charge < -0.3 is 20.5 Å². The summed E-state index contributed by atoms with van der Waals surface area (Å²) in [5.41, 5.74) is 0.627. The van der Waals surface area contributed by atoms with Crippen molar-refractivity contribution >= 4 is 17.6 Å². The van der Waals surface area contributed by atoms with Crippen LogP contribution in [-0.4, -0.2) is 32.1 Å². The lowest BCUT2D eigenvalue weighted by molar-refractivity contribution is -0.388. The molecule has 0 radical (unpaired) electrons. The van der Waals surface area contributed by atoms with Crippen molar-refractivity contribution in [2.75, 3.05) is 11.9 Å². The molecule has 1 aromatic carbocycles. The molecule has 2 N–H and O–H groups in total. The first-order chi connectivity index (χ1) is 10.0. The molecule has 2 aromatic rings. The summed E-state index contributed by atoms with van der Waals surface area (Å²) < 4.78 is 1.45. The summed E-state index contributed by atoms with van der Waals surface area (Å²) in [6, 6.07) is 8.70. The number of nitrogens with zero attached hydrogens (tertiary/aromatic N) is 3. The highest BCUT2D eigenvalue weighted by Gasteiger charge is 2.24. The van der Waals surface area contributed by atoms with E-state index < -0.39 is 16.8 Å². The minimum atomic E-state index is -1.00. The number of hydrogen-bond donors (Lipinski definition) is 2. The first kappa shape index (κ1) is 14.5. The van der Waals surface area contributed by atoms with E-state index in [-0.39, 0.29) is 18.2 Å². The van der Waals surface area contributed by atoms with Gasteiger partial charge >= 0.3 is 11.8 Å². The van der Waals surface area contributed by atoms with E-state index in [1.807, 2.05) is 0 Å². The van der Waals surface area contributed by atoms with Gasteiger partial charge in [0.15, 0.2) is 0 Å². The Kier molecular flexibility index (Phi) is 4.17. The molecule has 110 valence electrons. The van der Waals surface area contributed by atoms with E-state index in [1.165, 1.54) is 10.9 Å². The van der Waals surface area contributed by atoms with Gasteiger partial charge in [-0.2, -0.15) is 0 Å². The Morgan fingerprint density at radius 2 is 2.14 bits per heavy atom. The molecule has 0 aliphatic carbocycles. The van der Waals surface area contributed by atoms with Gasteiger partial charge in [-0.1, -0.05) is 30.3 Å². The van der Waals surface area contributed by atoms with Gasteiger partial charge in [0.1, 0.15) is 0 Å². The lowest BCUT2D eigenvalue weighted by Gasteiger charge is -2.14. The first-order valence-electron chi connectivity index (χ1n) is 6.18. The predicted octanol–water partition coefficient (Wildman–Crippen LogP) is 1.61. The maximum Gasteiger partial charge on any atom is 0.406 e. The van der Waals surface area contributed by atoms with Crippen molar-refractivity contribution in [1.29, 1.82) is 0 Å². The number of imidazole rings is 1. The van der Waals surface area contributed by atoms with E-state index in [4.69, 9.17) is 0 Å². The Morgan fingerprint density at radius 3 is 2.71 bits per heavy atom. The zero-order chi connectivity index (χ0) is 15.4. The summed E-state index contributed by atoms with van der Waals surface area (Å²) in [4.78, 5) is 25.3. The van der Waals surface area contributed by atoms with Gasteiger partial charge in [0.05, 0.1) is 5.92 Å². The molecule has 0 fully saturated rings. The second kappa shape index (κ2) is 6.04. The van der Waals surface area contributed by atoms with E-state index in [0.717, 1.165) is 0 Å². The van der Waals surface area contributed by atoms with Gasteiger partial charge in [-0.05, 0) is 15.5 Å². The number of carbonyl (C=O) groups is 1. The van der Waals surface area contributed by atoms with Crippen LogP contribution in [0.5, 0.6) is 0 Å². The third-order valence-electron chi connectivity index (χ3n) is 3.06. The molecule has 1 atom stereocenters. The molecule has 0 aliphatic rings. The van der Waals surface area contributed by atoms with Crippen LogP contribution < -0.4 is 5.32 Å². The van der Waals surface area contributed by atoms with E-state index in [0.29, 0.717) is 5.56 Å². The Hall–Kier alpha value is -2.90. The standard InChI is InChI=1S/C13H14N4O4/c1-16-8-15-12(17(20)21)11(16)14-7-10(13(18)19)9-5-3-2-4-6-9/h2-6,8,10,14H,7H2,1H3,(H,18,19). The molecule has 0 saturated carbocycles. The number of carboxylic acid groups (broad SMARTS) is 1. The first-order valence-corrected chi connectivity index (χ1v) is 6.18. The van der Waals surface area contributed by atoms with Crippen molar-refractivity contribution in [3.8, 4) is 0 Å². The second-order valence-electron chi connectivity index (χ2n) is 4.47. The topological polar surface area (TPSA) is 110 Å². The highest BCUT2D eigenvalue weighted by atomic mass is 16.6. The molecular weight excluding hydrogens is 276 g/mol. The Labute approximate surface area is 120 Å². The lowest BCUT2D eigenvalue weighted by atomic mass is 9.99. The smallest absolute Gasteiger partial charge is 0.406 e. The molecule has 8 nitrogen and oxygen atoms in total. The summed E-state index contributed by atoms with van der Waals surface area (Å²) in [6.45, 7) is 0.0275. The number of aryl methyl sites for hydroxylation is 1. The molecule has 1 heterocycles. The molecular formula is C13H14N4O4. The van der Waals surface area contributed by atoms with Crippen molar-refractivity contribution in [3.63, 3.8) is 0 Å². The molecule has 0 amide bonds. The maximum atomic E-state index is 11.4. The highest BCUT2D eigenvalue weighted by Crippen LogP contribution is 2.23.